The minimum absolute atomic E-state index is 0.00824. The van der Waals surface area contributed by atoms with Crippen molar-refractivity contribution in [3.63, 3.8) is 0 Å². The number of benzene rings is 1. The first-order valence-electron chi connectivity index (χ1n) is 4.35. The van der Waals surface area contributed by atoms with Crippen LogP contribution in [0.3, 0.4) is 0 Å². The van der Waals surface area contributed by atoms with E-state index in [1.165, 1.54) is 6.07 Å². The molecule has 0 aliphatic carbocycles. The highest BCUT2D eigenvalue weighted by Crippen LogP contribution is 2.29. The van der Waals surface area contributed by atoms with Gasteiger partial charge < -0.3 is 10.5 Å². The van der Waals surface area contributed by atoms with Crippen LogP contribution in [0, 0.1) is 5.82 Å². The summed E-state index contributed by atoms with van der Waals surface area (Å²) in [7, 11) is 0. The predicted octanol–water partition coefficient (Wildman–Crippen LogP) is 2.64. The molecular weight excluding hydrogens is 233 g/mol. The summed E-state index contributed by atoms with van der Waals surface area (Å²) in [5, 5.41) is 0.377. The fourth-order valence-electron chi connectivity index (χ4n) is 1.05. The zero-order valence-corrected chi connectivity index (χ0v) is 8.78. The third-order valence-corrected chi connectivity index (χ3v) is 2.07. The van der Waals surface area contributed by atoms with Gasteiger partial charge in [-0.1, -0.05) is 11.6 Å². The molecule has 0 amide bonds. The quantitative estimate of drug-likeness (QED) is 0.819. The molecule has 0 atom stereocenters. The summed E-state index contributed by atoms with van der Waals surface area (Å²) in [5.41, 5.74) is 6.07. The molecule has 2 aromatic rings. The first kappa shape index (κ1) is 10.6. The average molecular weight is 240 g/mol. The lowest BCUT2D eigenvalue weighted by Gasteiger charge is -2.05. The maximum atomic E-state index is 12.5. The third kappa shape index (κ3) is 2.38. The van der Waals surface area contributed by atoms with E-state index in [4.69, 9.17) is 22.1 Å². The van der Waals surface area contributed by atoms with E-state index in [0.29, 0.717) is 16.5 Å². The first-order chi connectivity index (χ1) is 7.65. The predicted molar refractivity (Wildman–Crippen MR) is 57.9 cm³/mol. The van der Waals surface area contributed by atoms with Gasteiger partial charge in [-0.3, -0.25) is 0 Å². The van der Waals surface area contributed by atoms with Gasteiger partial charge in [0.05, 0.1) is 17.4 Å². The summed E-state index contributed by atoms with van der Waals surface area (Å²) in [6.45, 7) is 0. The molecule has 0 saturated carbocycles. The second kappa shape index (κ2) is 4.32. The normalized spacial score (nSPS) is 10.1. The van der Waals surface area contributed by atoms with Gasteiger partial charge in [0.15, 0.2) is 11.6 Å². The number of ether oxygens (including phenoxy) is 1. The van der Waals surface area contributed by atoms with Gasteiger partial charge in [0.25, 0.3) is 0 Å². The molecule has 16 heavy (non-hydrogen) atoms. The molecule has 1 heterocycles. The van der Waals surface area contributed by atoms with Crippen molar-refractivity contribution in [1.82, 2.24) is 9.97 Å². The molecule has 2 rings (SSSR count). The lowest BCUT2D eigenvalue weighted by molar-refractivity contribution is 0.436. The summed E-state index contributed by atoms with van der Waals surface area (Å²) in [6.07, 6.45) is 2.01. The molecular formula is C10H7ClFN3O. The monoisotopic (exact) mass is 239 g/mol. The third-order valence-electron chi connectivity index (χ3n) is 1.75. The van der Waals surface area contributed by atoms with Crippen LogP contribution >= 0.6 is 11.6 Å². The van der Waals surface area contributed by atoms with Gasteiger partial charge in [0.2, 0.25) is 0 Å². The Morgan fingerprint density at radius 3 is 2.62 bits per heavy atom. The number of nitrogens with two attached hydrogens (primary N) is 1. The number of anilines is 1. The van der Waals surface area contributed by atoms with Gasteiger partial charge in [-0.15, -0.1) is 0 Å². The van der Waals surface area contributed by atoms with Crippen LogP contribution in [0.5, 0.6) is 11.8 Å². The lowest BCUT2D eigenvalue weighted by Crippen LogP contribution is -1.94. The van der Waals surface area contributed by atoms with Crippen LogP contribution in [0.15, 0.2) is 30.6 Å². The van der Waals surface area contributed by atoms with Crippen molar-refractivity contribution < 1.29 is 9.13 Å². The molecule has 0 fully saturated rings. The van der Waals surface area contributed by atoms with Crippen molar-refractivity contribution >= 4 is 17.3 Å². The summed E-state index contributed by atoms with van der Waals surface area (Å²) in [4.78, 5) is 7.27. The minimum Gasteiger partial charge on any atom is -0.423 e. The Morgan fingerprint density at radius 2 is 1.94 bits per heavy atom. The summed E-state index contributed by atoms with van der Waals surface area (Å²) < 4.78 is 17.8. The Kier molecular flexibility index (Phi) is 2.87. The molecule has 1 aromatic heterocycles. The topological polar surface area (TPSA) is 61.0 Å². The highest BCUT2D eigenvalue weighted by molar-refractivity contribution is 6.32. The fourth-order valence-corrected chi connectivity index (χ4v) is 1.21. The maximum Gasteiger partial charge on any atom is 0.322 e. The molecule has 0 saturated heterocycles. The lowest BCUT2D eigenvalue weighted by atomic mass is 10.3. The standard InChI is InChI=1S/C10H7ClFN3O/c11-8-2-1-7(13)3-9(8)16-10-14-4-6(12)5-15-10/h1-5H,13H2. The van der Waals surface area contributed by atoms with E-state index in [1.807, 2.05) is 0 Å². The van der Waals surface area contributed by atoms with E-state index in [9.17, 15) is 4.39 Å². The molecule has 0 unspecified atom stereocenters. The molecule has 4 nitrogen and oxygen atoms in total. The van der Waals surface area contributed by atoms with Gasteiger partial charge in [0, 0.05) is 11.8 Å². The van der Waals surface area contributed by atoms with Crippen LogP contribution in [0.1, 0.15) is 0 Å². The number of nitrogens with zero attached hydrogens (tertiary/aromatic N) is 2. The molecule has 0 aliphatic heterocycles. The Hall–Kier alpha value is -1.88. The summed E-state index contributed by atoms with van der Waals surface area (Å²) in [6, 6.07) is 4.78. The maximum absolute atomic E-state index is 12.5. The molecule has 0 aliphatic rings. The van der Waals surface area contributed by atoms with Crippen molar-refractivity contribution in [2.75, 3.05) is 5.73 Å². The van der Waals surface area contributed by atoms with Crippen LogP contribution in [-0.2, 0) is 0 Å². The smallest absolute Gasteiger partial charge is 0.322 e. The number of hydrogen-bond acceptors (Lipinski definition) is 4. The molecule has 1 aromatic carbocycles. The SMILES string of the molecule is Nc1ccc(Cl)c(Oc2ncc(F)cn2)c1. The van der Waals surface area contributed by atoms with Crippen LogP contribution in [0.2, 0.25) is 5.02 Å². The van der Waals surface area contributed by atoms with Crippen molar-refractivity contribution in [3.05, 3.63) is 41.4 Å². The van der Waals surface area contributed by atoms with Gasteiger partial charge >= 0.3 is 6.01 Å². The van der Waals surface area contributed by atoms with Crippen molar-refractivity contribution in [1.29, 1.82) is 0 Å². The molecule has 82 valence electrons. The zero-order valence-electron chi connectivity index (χ0n) is 8.02. The van der Waals surface area contributed by atoms with E-state index in [2.05, 4.69) is 9.97 Å². The Bertz CT molecular complexity index is 504. The molecule has 0 spiro atoms. The highest BCUT2D eigenvalue weighted by atomic mass is 35.5. The largest absolute Gasteiger partial charge is 0.423 e. The Balaban J connectivity index is 2.26. The van der Waals surface area contributed by atoms with E-state index < -0.39 is 5.82 Å². The number of halogens is 2. The Morgan fingerprint density at radius 1 is 1.25 bits per heavy atom. The van der Waals surface area contributed by atoms with E-state index in [-0.39, 0.29) is 6.01 Å². The Labute approximate surface area is 95.9 Å². The van der Waals surface area contributed by atoms with Crippen molar-refractivity contribution in [2.24, 2.45) is 0 Å². The number of aromatic nitrogens is 2. The van der Waals surface area contributed by atoms with E-state index in [1.54, 1.807) is 12.1 Å². The summed E-state index contributed by atoms with van der Waals surface area (Å²) >= 11 is 5.87. The van der Waals surface area contributed by atoms with Gasteiger partial charge in [-0.05, 0) is 12.1 Å². The van der Waals surface area contributed by atoms with Crippen LogP contribution in [-0.4, -0.2) is 9.97 Å². The first-order valence-corrected chi connectivity index (χ1v) is 4.73. The molecule has 0 bridgehead atoms. The minimum atomic E-state index is -0.536. The number of nitrogen functional groups attached to an aromatic ring is 1. The zero-order chi connectivity index (χ0) is 11.5. The fraction of sp³-hybridized carbons (Fsp3) is 0. The molecule has 2 N–H and O–H groups in total. The van der Waals surface area contributed by atoms with Gasteiger partial charge in [-0.25, -0.2) is 14.4 Å². The van der Waals surface area contributed by atoms with E-state index in [0.717, 1.165) is 12.4 Å². The van der Waals surface area contributed by atoms with Gasteiger partial charge in [-0.2, -0.15) is 0 Å². The van der Waals surface area contributed by atoms with Crippen LogP contribution in [0.25, 0.3) is 0 Å². The van der Waals surface area contributed by atoms with Crippen LogP contribution in [0.4, 0.5) is 10.1 Å². The molecule has 6 heteroatoms. The summed E-state index contributed by atoms with van der Waals surface area (Å²) in [5.74, 6) is -0.209. The number of hydrogen-bond donors (Lipinski definition) is 1. The highest BCUT2D eigenvalue weighted by Gasteiger charge is 2.05. The van der Waals surface area contributed by atoms with Crippen LogP contribution < -0.4 is 10.5 Å². The van der Waals surface area contributed by atoms with Crippen molar-refractivity contribution in [2.45, 2.75) is 0 Å². The average Bonchev–Trinajstić information content (AvgIpc) is 2.27. The number of rotatable bonds is 2. The van der Waals surface area contributed by atoms with Crippen molar-refractivity contribution in [3.8, 4) is 11.8 Å². The second-order valence-electron chi connectivity index (χ2n) is 2.98. The second-order valence-corrected chi connectivity index (χ2v) is 3.38. The van der Waals surface area contributed by atoms with E-state index >= 15 is 0 Å². The van der Waals surface area contributed by atoms with Gasteiger partial charge in [0.1, 0.15) is 0 Å². The molecule has 0 radical (unpaired) electrons.